The van der Waals surface area contributed by atoms with Gasteiger partial charge in [-0.15, -0.1) is 0 Å². The first-order chi connectivity index (χ1) is 14.6. The number of carbonyl (C=O) groups excluding carboxylic acids is 2. The Labute approximate surface area is 204 Å². The van der Waals surface area contributed by atoms with Gasteiger partial charge in [-0.05, 0) is 46.0 Å². The molecule has 0 heterocycles. The summed E-state index contributed by atoms with van der Waals surface area (Å²) >= 11 is 4.48. The Balaban J connectivity index is 5.40. The predicted octanol–water partition coefficient (Wildman–Crippen LogP) is 4.12. The van der Waals surface area contributed by atoms with Crippen molar-refractivity contribution in [1.82, 2.24) is 0 Å². The van der Waals surface area contributed by atoms with E-state index in [9.17, 15) is 19.0 Å². The highest BCUT2D eigenvalue weighted by Gasteiger charge is 2.38. The number of rotatable bonds is 14. The van der Waals surface area contributed by atoms with E-state index in [1.165, 1.54) is 0 Å². The number of thiol groups is 1. The van der Waals surface area contributed by atoms with Crippen molar-refractivity contribution in [3.63, 3.8) is 0 Å². The molecule has 11 heteroatoms. The molecule has 9 nitrogen and oxygen atoms in total. The van der Waals surface area contributed by atoms with Crippen LogP contribution in [0.4, 0.5) is 0 Å². The van der Waals surface area contributed by atoms with Gasteiger partial charge in [0.2, 0.25) is 0 Å². The van der Waals surface area contributed by atoms with Crippen molar-refractivity contribution < 1.29 is 37.6 Å². The lowest BCUT2D eigenvalue weighted by Crippen LogP contribution is -2.39. The summed E-state index contributed by atoms with van der Waals surface area (Å²) in [6.07, 6.45) is -0.128. The van der Waals surface area contributed by atoms with Gasteiger partial charge in [0.15, 0.2) is 6.10 Å². The van der Waals surface area contributed by atoms with Crippen LogP contribution >= 0.6 is 20.5 Å². The number of esters is 2. The SMILES string of the molecule is CC(C)(C)CC(C)(C)C(=O)OC(COC(=O)C(C)(C)CC(C)(C)S)COP(=O)(O)OCCN. The first-order valence-corrected chi connectivity index (χ1v) is 13.0. The van der Waals surface area contributed by atoms with Gasteiger partial charge in [0.1, 0.15) is 6.61 Å². The Bertz CT molecular complexity index is 697. The normalized spacial score (nSPS) is 16.1. The van der Waals surface area contributed by atoms with Crippen LogP contribution < -0.4 is 5.73 Å². The number of hydrogen-bond acceptors (Lipinski definition) is 9. The Morgan fingerprint density at radius 1 is 0.909 bits per heavy atom. The molecule has 0 fully saturated rings. The van der Waals surface area contributed by atoms with E-state index in [0.29, 0.717) is 12.8 Å². The molecule has 33 heavy (non-hydrogen) atoms. The smallest absolute Gasteiger partial charge is 0.461 e. The van der Waals surface area contributed by atoms with Gasteiger partial charge in [0.05, 0.1) is 24.0 Å². The summed E-state index contributed by atoms with van der Waals surface area (Å²) in [6, 6.07) is 0. The Morgan fingerprint density at radius 2 is 1.42 bits per heavy atom. The third-order valence-electron chi connectivity index (χ3n) is 4.42. The van der Waals surface area contributed by atoms with Crippen molar-refractivity contribution in [3.8, 4) is 0 Å². The van der Waals surface area contributed by atoms with Gasteiger partial charge in [-0.1, -0.05) is 34.6 Å². The van der Waals surface area contributed by atoms with Crippen molar-refractivity contribution in [1.29, 1.82) is 0 Å². The lowest BCUT2D eigenvalue weighted by molar-refractivity contribution is -0.173. The lowest BCUT2D eigenvalue weighted by Gasteiger charge is -2.32. The summed E-state index contributed by atoms with van der Waals surface area (Å²) in [5, 5.41) is 0. The van der Waals surface area contributed by atoms with E-state index >= 15 is 0 Å². The van der Waals surface area contributed by atoms with Crippen LogP contribution in [0.15, 0.2) is 0 Å². The molecule has 196 valence electrons. The number of hydrogen-bond donors (Lipinski definition) is 3. The molecule has 0 aliphatic carbocycles. The van der Waals surface area contributed by atoms with Crippen LogP contribution in [0.1, 0.15) is 75.2 Å². The topological polar surface area (TPSA) is 134 Å². The minimum Gasteiger partial charge on any atom is -0.461 e. The van der Waals surface area contributed by atoms with E-state index in [1.54, 1.807) is 27.7 Å². The van der Waals surface area contributed by atoms with Gasteiger partial charge >= 0.3 is 19.8 Å². The molecule has 0 aliphatic heterocycles. The van der Waals surface area contributed by atoms with Crippen LogP contribution in [0.25, 0.3) is 0 Å². The maximum Gasteiger partial charge on any atom is 0.472 e. The second kappa shape index (κ2) is 12.4. The minimum absolute atomic E-state index is 0.0293. The van der Waals surface area contributed by atoms with Crippen molar-refractivity contribution in [2.75, 3.05) is 26.4 Å². The molecule has 2 atom stereocenters. The molecule has 0 aromatic carbocycles. The van der Waals surface area contributed by atoms with Gasteiger partial charge in [-0.3, -0.25) is 18.6 Å². The number of phosphoric ester groups is 1. The molecule has 0 bridgehead atoms. The van der Waals surface area contributed by atoms with E-state index in [1.807, 2.05) is 34.6 Å². The zero-order valence-electron chi connectivity index (χ0n) is 21.6. The summed E-state index contributed by atoms with van der Waals surface area (Å²) in [6.45, 7) is 15.8. The quantitative estimate of drug-likeness (QED) is 0.178. The van der Waals surface area contributed by atoms with Crippen molar-refractivity contribution in [2.24, 2.45) is 22.0 Å². The van der Waals surface area contributed by atoms with Gasteiger partial charge in [0.25, 0.3) is 0 Å². The molecule has 3 N–H and O–H groups in total. The fraction of sp³-hybridized carbons (Fsp3) is 0.909. The van der Waals surface area contributed by atoms with Crippen LogP contribution in [-0.2, 0) is 32.7 Å². The molecule has 0 amide bonds. The average Bonchev–Trinajstić information content (AvgIpc) is 2.57. The first-order valence-electron chi connectivity index (χ1n) is 11.0. The average molecular weight is 514 g/mol. The van der Waals surface area contributed by atoms with E-state index in [0.717, 1.165) is 0 Å². The molecule has 0 saturated carbocycles. The molecule has 0 radical (unpaired) electrons. The summed E-state index contributed by atoms with van der Waals surface area (Å²) < 4.78 is 32.2. The largest absolute Gasteiger partial charge is 0.472 e. The van der Waals surface area contributed by atoms with Crippen molar-refractivity contribution in [2.45, 2.75) is 86.0 Å². The van der Waals surface area contributed by atoms with Crippen molar-refractivity contribution >= 4 is 32.4 Å². The predicted molar refractivity (Wildman–Crippen MR) is 131 cm³/mol. The van der Waals surface area contributed by atoms with Gasteiger partial charge in [0, 0.05) is 11.3 Å². The highest BCUT2D eigenvalue weighted by molar-refractivity contribution is 7.81. The van der Waals surface area contributed by atoms with Crippen LogP contribution in [-0.4, -0.2) is 54.0 Å². The zero-order chi connectivity index (χ0) is 26.3. The molecule has 0 rings (SSSR count). The summed E-state index contributed by atoms with van der Waals surface area (Å²) in [5.41, 5.74) is 3.46. The standard InChI is InChI=1S/C22H44NO8PS/c1-19(2,3)14-20(4,5)18(25)31-16(13-30-32(26,27)29-11-10-23)12-28-17(24)21(6,7)15-22(8,9)33/h16,33H,10-15,23H2,1-9H3,(H,26,27). The summed E-state index contributed by atoms with van der Waals surface area (Å²) in [4.78, 5) is 35.3. The summed E-state index contributed by atoms with van der Waals surface area (Å²) in [5.74, 6) is -1.04. The number of nitrogens with two attached hydrogens (primary N) is 1. The second-order valence-electron chi connectivity index (χ2n) is 11.5. The first kappa shape index (κ1) is 32.4. The molecule has 0 aromatic heterocycles. The zero-order valence-corrected chi connectivity index (χ0v) is 23.4. The third-order valence-corrected chi connectivity index (χ3v) is 5.56. The van der Waals surface area contributed by atoms with Gasteiger partial charge in [-0.25, -0.2) is 4.57 Å². The highest BCUT2D eigenvalue weighted by atomic mass is 32.1. The van der Waals surface area contributed by atoms with Crippen LogP contribution in [0, 0.1) is 16.2 Å². The van der Waals surface area contributed by atoms with E-state index in [4.69, 9.17) is 24.3 Å². The lowest BCUT2D eigenvalue weighted by atomic mass is 9.76. The molecule has 0 aromatic rings. The van der Waals surface area contributed by atoms with Gasteiger partial charge < -0.3 is 20.1 Å². The maximum atomic E-state index is 12.9. The molecule has 0 aliphatic rings. The van der Waals surface area contributed by atoms with Crippen LogP contribution in [0.3, 0.4) is 0 Å². The maximum absolute atomic E-state index is 12.9. The monoisotopic (exact) mass is 513 g/mol. The number of phosphoric acid groups is 1. The van der Waals surface area contributed by atoms with Gasteiger partial charge in [-0.2, -0.15) is 12.6 Å². The van der Waals surface area contributed by atoms with E-state index in [-0.39, 0.29) is 25.2 Å². The Kier molecular flexibility index (Phi) is 12.1. The Morgan fingerprint density at radius 3 is 1.88 bits per heavy atom. The highest BCUT2D eigenvalue weighted by Crippen LogP contribution is 2.43. The Hall–Kier alpha value is -0.640. The molecule has 0 saturated heterocycles. The number of carbonyl (C=O) groups is 2. The minimum atomic E-state index is -4.41. The molecule has 2 unspecified atom stereocenters. The van der Waals surface area contributed by atoms with Crippen LogP contribution in [0.5, 0.6) is 0 Å². The molecular formula is C22H44NO8PS. The number of ether oxygens (including phenoxy) is 2. The third kappa shape index (κ3) is 14.4. The molecular weight excluding hydrogens is 469 g/mol. The van der Waals surface area contributed by atoms with E-state index < -0.39 is 48.0 Å². The molecule has 0 spiro atoms. The van der Waals surface area contributed by atoms with Crippen LogP contribution in [0.2, 0.25) is 0 Å². The fourth-order valence-corrected chi connectivity index (χ4v) is 4.89. The van der Waals surface area contributed by atoms with Crippen molar-refractivity contribution in [3.05, 3.63) is 0 Å². The van der Waals surface area contributed by atoms with E-state index in [2.05, 4.69) is 12.6 Å². The second-order valence-corrected chi connectivity index (χ2v) is 14.2. The summed E-state index contributed by atoms with van der Waals surface area (Å²) in [7, 11) is -4.41. The fourth-order valence-electron chi connectivity index (χ4n) is 3.73.